The van der Waals surface area contributed by atoms with Gasteiger partial charge in [-0.25, -0.2) is 14.8 Å². The zero-order valence-corrected chi connectivity index (χ0v) is 14.6. The summed E-state index contributed by atoms with van der Waals surface area (Å²) < 4.78 is 0. The van der Waals surface area contributed by atoms with Crippen LogP contribution in [-0.2, 0) is 11.2 Å². The van der Waals surface area contributed by atoms with Crippen molar-refractivity contribution in [3.8, 4) is 11.4 Å². The van der Waals surface area contributed by atoms with E-state index in [9.17, 15) is 15.0 Å². The van der Waals surface area contributed by atoms with Crippen LogP contribution in [0.1, 0.15) is 18.7 Å². The van der Waals surface area contributed by atoms with Crippen molar-refractivity contribution >= 4 is 33.3 Å². The van der Waals surface area contributed by atoms with E-state index in [4.69, 9.17) is 0 Å². The Balaban J connectivity index is 2.14. The lowest BCUT2D eigenvalue weighted by atomic mass is 10.1. The molecule has 130 valence electrons. The Labute approximate surface area is 148 Å². The highest BCUT2D eigenvalue weighted by molar-refractivity contribution is 7.18. The van der Waals surface area contributed by atoms with Crippen molar-refractivity contribution in [2.45, 2.75) is 32.4 Å². The van der Waals surface area contributed by atoms with Gasteiger partial charge in [-0.2, -0.15) is 0 Å². The molecule has 3 aromatic rings. The fourth-order valence-electron chi connectivity index (χ4n) is 2.42. The summed E-state index contributed by atoms with van der Waals surface area (Å²) in [5, 5.41) is 22.7. The normalized spacial score (nSPS) is 13.6. The third-order valence-corrected chi connectivity index (χ3v) is 4.93. The molecule has 3 heterocycles. The molecule has 0 saturated carbocycles. The highest BCUT2D eigenvalue weighted by atomic mass is 32.1. The zero-order valence-electron chi connectivity index (χ0n) is 13.8. The molecule has 7 nitrogen and oxygen atoms in total. The minimum Gasteiger partial charge on any atom is -0.480 e. The number of carboxylic acid groups (broad SMARTS) is 1. The number of aromatic nitrogens is 3. The number of hydrogen-bond acceptors (Lipinski definition) is 7. The Morgan fingerprint density at radius 2 is 2.20 bits per heavy atom. The predicted octanol–water partition coefficient (Wildman–Crippen LogP) is 2.56. The average Bonchev–Trinajstić information content (AvgIpc) is 3.03. The van der Waals surface area contributed by atoms with E-state index in [-0.39, 0.29) is 0 Å². The molecule has 0 bridgehead atoms. The Bertz CT molecular complexity index is 896. The summed E-state index contributed by atoms with van der Waals surface area (Å²) in [4.78, 5) is 26.5. The number of aliphatic hydroxyl groups excluding tert-OH is 1. The van der Waals surface area contributed by atoms with Crippen LogP contribution < -0.4 is 5.32 Å². The van der Waals surface area contributed by atoms with E-state index in [0.717, 1.165) is 27.1 Å². The maximum absolute atomic E-state index is 11.4. The van der Waals surface area contributed by atoms with Gasteiger partial charge in [0, 0.05) is 22.8 Å². The van der Waals surface area contributed by atoms with Crippen molar-refractivity contribution in [1.82, 2.24) is 15.0 Å². The standard InChI is InChI=1S/C17H18N4O3S/c1-3-11-7-12-15(19-13(9(2)22)17(23)24)20-14(21-16(12)25-11)10-5-4-6-18-8-10/h4-9,13,22H,3H2,1-2H3,(H,23,24)(H,19,20,21). The first-order chi connectivity index (χ1) is 12.0. The lowest BCUT2D eigenvalue weighted by Gasteiger charge is -2.18. The molecule has 25 heavy (non-hydrogen) atoms. The van der Waals surface area contributed by atoms with E-state index in [2.05, 4.69) is 20.3 Å². The largest absolute Gasteiger partial charge is 0.480 e. The molecule has 3 aromatic heterocycles. The number of thiophene rings is 1. The van der Waals surface area contributed by atoms with Crippen LogP contribution in [0.15, 0.2) is 30.6 Å². The summed E-state index contributed by atoms with van der Waals surface area (Å²) in [6, 6.07) is 4.42. The van der Waals surface area contributed by atoms with Crippen molar-refractivity contribution in [3.05, 3.63) is 35.5 Å². The molecule has 3 rings (SSSR count). The molecule has 0 aliphatic carbocycles. The van der Waals surface area contributed by atoms with Gasteiger partial charge < -0.3 is 15.5 Å². The minimum absolute atomic E-state index is 0.396. The van der Waals surface area contributed by atoms with Crippen LogP contribution in [0.4, 0.5) is 5.82 Å². The lowest BCUT2D eigenvalue weighted by molar-refractivity contribution is -0.140. The molecule has 0 amide bonds. The molecule has 0 aliphatic heterocycles. The Morgan fingerprint density at radius 3 is 2.80 bits per heavy atom. The molecule has 2 unspecified atom stereocenters. The van der Waals surface area contributed by atoms with Crippen molar-refractivity contribution in [1.29, 1.82) is 0 Å². The second kappa shape index (κ2) is 7.12. The lowest BCUT2D eigenvalue weighted by Crippen LogP contribution is -2.39. The summed E-state index contributed by atoms with van der Waals surface area (Å²) in [5.41, 5.74) is 0.739. The summed E-state index contributed by atoms with van der Waals surface area (Å²) >= 11 is 1.54. The van der Waals surface area contributed by atoms with Gasteiger partial charge in [0.05, 0.1) is 11.5 Å². The number of aryl methyl sites for hydroxylation is 1. The van der Waals surface area contributed by atoms with Gasteiger partial charge in [-0.15, -0.1) is 11.3 Å². The van der Waals surface area contributed by atoms with Gasteiger partial charge in [-0.3, -0.25) is 4.98 Å². The number of nitrogens with zero attached hydrogens (tertiary/aromatic N) is 3. The average molecular weight is 358 g/mol. The van der Waals surface area contributed by atoms with Crippen LogP contribution in [-0.4, -0.2) is 43.3 Å². The third kappa shape index (κ3) is 3.59. The molecule has 2 atom stereocenters. The number of hydrogen-bond donors (Lipinski definition) is 3. The van der Waals surface area contributed by atoms with E-state index in [0.29, 0.717) is 11.6 Å². The number of rotatable bonds is 6. The molecule has 0 fully saturated rings. The molecule has 0 radical (unpaired) electrons. The van der Waals surface area contributed by atoms with Crippen LogP contribution in [0, 0.1) is 0 Å². The fourth-order valence-corrected chi connectivity index (χ4v) is 3.38. The van der Waals surface area contributed by atoms with E-state index < -0.39 is 18.1 Å². The second-order valence-corrected chi connectivity index (χ2v) is 6.74. The maximum Gasteiger partial charge on any atom is 0.328 e. The second-order valence-electron chi connectivity index (χ2n) is 5.62. The van der Waals surface area contributed by atoms with Crippen molar-refractivity contribution in [2.75, 3.05) is 5.32 Å². The van der Waals surface area contributed by atoms with E-state index in [1.165, 1.54) is 6.92 Å². The van der Waals surface area contributed by atoms with Gasteiger partial charge in [0.15, 0.2) is 11.9 Å². The summed E-state index contributed by atoms with van der Waals surface area (Å²) in [7, 11) is 0. The van der Waals surface area contributed by atoms with Gasteiger partial charge >= 0.3 is 5.97 Å². The number of pyridine rings is 1. The van der Waals surface area contributed by atoms with Gasteiger partial charge in [-0.1, -0.05) is 6.92 Å². The first-order valence-electron chi connectivity index (χ1n) is 7.88. The van der Waals surface area contributed by atoms with Gasteiger partial charge in [-0.05, 0) is 31.5 Å². The van der Waals surface area contributed by atoms with Gasteiger partial charge in [0.1, 0.15) is 10.6 Å². The topological polar surface area (TPSA) is 108 Å². The van der Waals surface area contributed by atoms with Crippen LogP contribution in [0.2, 0.25) is 0 Å². The van der Waals surface area contributed by atoms with Gasteiger partial charge in [0.25, 0.3) is 0 Å². The Kier molecular flexibility index (Phi) is 4.91. The third-order valence-electron chi connectivity index (χ3n) is 3.75. The molecule has 3 N–H and O–H groups in total. The summed E-state index contributed by atoms with van der Waals surface area (Å²) in [6.45, 7) is 3.47. The monoisotopic (exact) mass is 358 g/mol. The van der Waals surface area contributed by atoms with E-state index in [1.807, 2.05) is 19.1 Å². The number of fused-ring (bicyclic) bond motifs is 1. The number of carboxylic acids is 1. The highest BCUT2D eigenvalue weighted by Gasteiger charge is 2.25. The zero-order chi connectivity index (χ0) is 18.0. The quantitative estimate of drug-likeness (QED) is 0.621. The molecule has 0 aliphatic rings. The minimum atomic E-state index is -1.16. The molecule has 0 spiro atoms. The van der Waals surface area contributed by atoms with Crippen LogP contribution in [0.25, 0.3) is 21.6 Å². The number of anilines is 1. The molecule has 8 heteroatoms. The number of aliphatic hydroxyl groups is 1. The molecule has 0 saturated heterocycles. The van der Waals surface area contributed by atoms with Gasteiger partial charge in [0.2, 0.25) is 0 Å². The van der Waals surface area contributed by atoms with Crippen molar-refractivity contribution in [3.63, 3.8) is 0 Å². The van der Waals surface area contributed by atoms with E-state index >= 15 is 0 Å². The number of aliphatic carboxylic acids is 1. The summed E-state index contributed by atoms with van der Waals surface area (Å²) in [6.07, 6.45) is 3.09. The molecular weight excluding hydrogens is 340 g/mol. The number of nitrogens with one attached hydrogen (secondary N) is 1. The van der Waals surface area contributed by atoms with Crippen molar-refractivity contribution < 1.29 is 15.0 Å². The Morgan fingerprint density at radius 1 is 1.40 bits per heavy atom. The predicted molar refractivity (Wildman–Crippen MR) is 96.8 cm³/mol. The molecule has 0 aromatic carbocycles. The van der Waals surface area contributed by atoms with Crippen LogP contribution >= 0.6 is 11.3 Å². The SMILES string of the molecule is CCc1cc2c(NC(C(=O)O)C(C)O)nc(-c3cccnc3)nc2s1. The highest BCUT2D eigenvalue weighted by Crippen LogP contribution is 2.32. The fraction of sp³-hybridized carbons (Fsp3) is 0.294. The summed E-state index contributed by atoms with van der Waals surface area (Å²) in [5.74, 6) is -0.286. The maximum atomic E-state index is 11.4. The molecular formula is C17H18N4O3S. The van der Waals surface area contributed by atoms with Crippen molar-refractivity contribution in [2.24, 2.45) is 0 Å². The first kappa shape index (κ1) is 17.2. The first-order valence-corrected chi connectivity index (χ1v) is 8.69. The Hall–Kier alpha value is -2.58. The van der Waals surface area contributed by atoms with Crippen LogP contribution in [0.5, 0.6) is 0 Å². The van der Waals surface area contributed by atoms with E-state index in [1.54, 1.807) is 29.8 Å². The van der Waals surface area contributed by atoms with Crippen LogP contribution in [0.3, 0.4) is 0 Å². The number of carbonyl (C=O) groups is 1. The smallest absolute Gasteiger partial charge is 0.328 e.